The summed E-state index contributed by atoms with van der Waals surface area (Å²) in [5, 5.41) is 22.3. The molecule has 1 aliphatic rings. The number of aromatic nitrogens is 4. The van der Waals surface area contributed by atoms with Gasteiger partial charge in [0.25, 0.3) is 5.91 Å². The molecule has 134 valence electrons. The number of fused-ring (bicyclic) bond motifs is 1. The van der Waals surface area contributed by atoms with Gasteiger partial charge in [-0.05, 0) is 12.1 Å². The van der Waals surface area contributed by atoms with Crippen LogP contribution < -0.4 is 5.32 Å². The molecule has 3 heterocycles. The number of carbonyl (C=O) groups excluding carboxylic acids is 1. The van der Waals surface area contributed by atoms with Gasteiger partial charge in [0.15, 0.2) is 17.0 Å². The number of nitrogens with one attached hydrogen (secondary N) is 1. The summed E-state index contributed by atoms with van der Waals surface area (Å²) >= 11 is 0. The lowest BCUT2D eigenvalue weighted by Gasteiger charge is -2.17. The molecule has 0 radical (unpaired) electrons. The molecule has 26 heavy (non-hydrogen) atoms. The number of anilines is 1. The second-order valence-corrected chi connectivity index (χ2v) is 5.98. The molecule has 0 saturated carbocycles. The Morgan fingerprint density at radius 2 is 2.08 bits per heavy atom. The molecule has 0 unspecified atom stereocenters. The Kier molecular flexibility index (Phi) is 4.33. The highest BCUT2D eigenvalue weighted by Crippen LogP contribution is 2.29. The first-order chi connectivity index (χ1) is 12.7. The van der Waals surface area contributed by atoms with Crippen LogP contribution in [0.15, 0.2) is 43.0 Å². The highest BCUT2D eigenvalue weighted by Gasteiger charge is 2.37. The normalized spacial score (nSPS) is 22.6. The predicted octanol–water partition coefficient (Wildman–Crippen LogP) is 0.372. The Balaban J connectivity index is 1.65. The van der Waals surface area contributed by atoms with E-state index >= 15 is 0 Å². The van der Waals surface area contributed by atoms with E-state index in [1.165, 1.54) is 12.7 Å². The third-order valence-corrected chi connectivity index (χ3v) is 4.42. The van der Waals surface area contributed by atoms with E-state index in [0.717, 1.165) is 0 Å². The van der Waals surface area contributed by atoms with Gasteiger partial charge in [0.1, 0.15) is 18.5 Å². The van der Waals surface area contributed by atoms with Crippen LogP contribution in [0.4, 0.5) is 5.82 Å². The van der Waals surface area contributed by atoms with E-state index in [0.29, 0.717) is 16.7 Å². The van der Waals surface area contributed by atoms with Crippen LogP contribution in [0.1, 0.15) is 16.4 Å². The minimum Gasteiger partial charge on any atom is -0.394 e. The average molecular weight is 355 g/mol. The van der Waals surface area contributed by atoms with Gasteiger partial charge in [-0.1, -0.05) is 18.2 Å². The number of nitrogens with zero attached hydrogens (tertiary/aromatic N) is 4. The third-order valence-electron chi connectivity index (χ3n) is 4.42. The summed E-state index contributed by atoms with van der Waals surface area (Å²) in [5.41, 5.74) is 1.38. The van der Waals surface area contributed by atoms with Crippen molar-refractivity contribution in [3.05, 3.63) is 48.5 Å². The first-order valence-electron chi connectivity index (χ1n) is 8.13. The SMILES string of the molecule is O=C(Nc1ncnc2c1ncn2[C@H]1CO[C@@H](CO)[C@@H]1O)c1ccccc1. The number of hydrogen-bond acceptors (Lipinski definition) is 7. The van der Waals surface area contributed by atoms with Crippen molar-refractivity contribution in [2.24, 2.45) is 0 Å². The van der Waals surface area contributed by atoms with Gasteiger partial charge in [-0.3, -0.25) is 4.79 Å². The monoisotopic (exact) mass is 355 g/mol. The lowest BCUT2D eigenvalue weighted by Crippen LogP contribution is -2.30. The van der Waals surface area contributed by atoms with Crippen molar-refractivity contribution in [1.82, 2.24) is 19.5 Å². The van der Waals surface area contributed by atoms with Crippen LogP contribution in [0.2, 0.25) is 0 Å². The zero-order valence-corrected chi connectivity index (χ0v) is 13.7. The molecule has 1 saturated heterocycles. The minimum atomic E-state index is -0.880. The Morgan fingerprint density at radius 1 is 1.27 bits per heavy atom. The first-order valence-corrected chi connectivity index (χ1v) is 8.13. The molecule has 1 amide bonds. The number of aliphatic hydroxyl groups excluding tert-OH is 2. The van der Waals surface area contributed by atoms with Gasteiger partial charge >= 0.3 is 0 Å². The maximum absolute atomic E-state index is 12.4. The molecule has 4 rings (SSSR count). The van der Waals surface area contributed by atoms with Gasteiger partial charge in [-0.2, -0.15) is 0 Å². The van der Waals surface area contributed by atoms with Crippen LogP contribution in [0.3, 0.4) is 0 Å². The van der Waals surface area contributed by atoms with Gasteiger partial charge in [-0.15, -0.1) is 0 Å². The number of hydrogen-bond donors (Lipinski definition) is 3. The summed E-state index contributed by atoms with van der Waals surface area (Å²) in [6.45, 7) is -0.0365. The standard InChI is InChI=1S/C17H17N5O4/c23-6-12-14(24)11(7-26-12)22-9-20-13-15(18-8-19-16(13)22)21-17(25)10-4-2-1-3-5-10/h1-5,8-9,11-12,14,23-24H,6-7H2,(H,18,19,21,25)/t11-,12-,14+/m0/s1. The zero-order valence-electron chi connectivity index (χ0n) is 13.7. The van der Waals surface area contributed by atoms with Crippen molar-refractivity contribution >= 4 is 22.9 Å². The summed E-state index contributed by atoms with van der Waals surface area (Å²) in [7, 11) is 0. The fourth-order valence-corrected chi connectivity index (χ4v) is 3.03. The Hall–Kier alpha value is -2.88. The fraction of sp³-hybridized carbons (Fsp3) is 0.294. The van der Waals surface area contributed by atoms with Gasteiger partial charge in [-0.25, -0.2) is 15.0 Å². The molecule has 0 bridgehead atoms. The number of amides is 1. The molecular formula is C17H17N5O4. The minimum absolute atomic E-state index is 0.230. The summed E-state index contributed by atoms with van der Waals surface area (Å²) < 4.78 is 7.07. The molecule has 0 spiro atoms. The second kappa shape index (κ2) is 6.79. The third kappa shape index (κ3) is 2.81. The van der Waals surface area contributed by atoms with Crippen molar-refractivity contribution in [2.75, 3.05) is 18.5 Å². The van der Waals surface area contributed by atoms with Crippen LogP contribution in [0, 0.1) is 0 Å². The fourth-order valence-electron chi connectivity index (χ4n) is 3.03. The van der Waals surface area contributed by atoms with Crippen LogP contribution >= 0.6 is 0 Å². The average Bonchev–Trinajstić information content (AvgIpc) is 3.26. The molecule has 3 atom stereocenters. The highest BCUT2D eigenvalue weighted by molar-refractivity contribution is 6.06. The van der Waals surface area contributed by atoms with E-state index in [1.54, 1.807) is 28.8 Å². The zero-order chi connectivity index (χ0) is 18.1. The van der Waals surface area contributed by atoms with Gasteiger partial charge in [0.2, 0.25) is 0 Å². The van der Waals surface area contributed by atoms with Crippen LogP contribution in [-0.2, 0) is 4.74 Å². The molecule has 1 aromatic carbocycles. The van der Waals surface area contributed by atoms with Crippen molar-refractivity contribution in [1.29, 1.82) is 0 Å². The molecule has 9 heteroatoms. The van der Waals surface area contributed by atoms with Crippen LogP contribution in [0.25, 0.3) is 11.2 Å². The van der Waals surface area contributed by atoms with E-state index in [-0.39, 0.29) is 24.9 Å². The predicted molar refractivity (Wildman–Crippen MR) is 91.6 cm³/mol. The summed E-state index contributed by atoms with van der Waals surface area (Å²) in [6, 6.07) is 8.36. The summed E-state index contributed by atoms with van der Waals surface area (Å²) in [6.07, 6.45) is 1.33. The first kappa shape index (κ1) is 16.6. The number of rotatable bonds is 4. The van der Waals surface area contributed by atoms with Crippen LogP contribution in [0.5, 0.6) is 0 Å². The largest absolute Gasteiger partial charge is 0.394 e. The van der Waals surface area contributed by atoms with Crippen molar-refractivity contribution in [3.63, 3.8) is 0 Å². The topological polar surface area (TPSA) is 122 Å². The van der Waals surface area contributed by atoms with Crippen molar-refractivity contribution < 1.29 is 19.7 Å². The van der Waals surface area contributed by atoms with Crippen molar-refractivity contribution in [2.45, 2.75) is 18.2 Å². The molecular weight excluding hydrogens is 338 g/mol. The Labute approximate surface area is 148 Å². The quantitative estimate of drug-likeness (QED) is 0.618. The summed E-state index contributed by atoms with van der Waals surface area (Å²) in [5.74, 6) is -0.0144. The van der Waals surface area contributed by atoms with E-state index in [4.69, 9.17) is 4.74 Å². The number of ether oxygens (including phenoxy) is 1. The van der Waals surface area contributed by atoms with Gasteiger partial charge < -0.3 is 24.8 Å². The lowest BCUT2D eigenvalue weighted by atomic mass is 10.1. The van der Waals surface area contributed by atoms with Gasteiger partial charge in [0, 0.05) is 5.56 Å². The summed E-state index contributed by atoms with van der Waals surface area (Å²) in [4.78, 5) is 25.0. The van der Waals surface area contributed by atoms with E-state index in [1.807, 2.05) is 6.07 Å². The maximum Gasteiger partial charge on any atom is 0.256 e. The van der Waals surface area contributed by atoms with E-state index in [2.05, 4.69) is 20.3 Å². The smallest absolute Gasteiger partial charge is 0.256 e. The molecule has 9 nitrogen and oxygen atoms in total. The van der Waals surface area contributed by atoms with Crippen molar-refractivity contribution in [3.8, 4) is 0 Å². The molecule has 0 aliphatic carbocycles. The highest BCUT2D eigenvalue weighted by atomic mass is 16.5. The second-order valence-electron chi connectivity index (χ2n) is 5.98. The van der Waals surface area contributed by atoms with Gasteiger partial charge in [0.05, 0.1) is 25.6 Å². The van der Waals surface area contributed by atoms with E-state index in [9.17, 15) is 15.0 Å². The van der Waals surface area contributed by atoms with Crippen LogP contribution in [-0.4, -0.2) is 61.1 Å². The molecule has 3 N–H and O–H groups in total. The molecule has 2 aromatic heterocycles. The Bertz CT molecular complexity index is 929. The molecule has 1 fully saturated rings. The molecule has 1 aliphatic heterocycles. The number of aliphatic hydroxyl groups is 2. The molecule has 3 aromatic rings. The van der Waals surface area contributed by atoms with E-state index < -0.39 is 18.2 Å². The Morgan fingerprint density at radius 3 is 2.81 bits per heavy atom. The lowest BCUT2D eigenvalue weighted by molar-refractivity contribution is 0.00206. The number of imidazole rings is 1. The maximum atomic E-state index is 12.4. The number of benzene rings is 1. The number of carbonyl (C=O) groups is 1.